The van der Waals surface area contributed by atoms with Gasteiger partial charge < -0.3 is 9.80 Å². The predicted octanol–water partition coefficient (Wildman–Crippen LogP) is 2.71. The minimum absolute atomic E-state index is 0.328. The van der Waals surface area contributed by atoms with Gasteiger partial charge in [-0.15, -0.1) is 15.3 Å². The van der Waals surface area contributed by atoms with Crippen molar-refractivity contribution in [3.63, 3.8) is 0 Å². The highest BCUT2D eigenvalue weighted by atomic mass is 19.1. The van der Waals surface area contributed by atoms with Crippen molar-refractivity contribution in [3.05, 3.63) is 42.2 Å². The smallest absolute Gasteiger partial charge is 0.188 e. The third kappa shape index (κ3) is 2.92. The molecule has 2 aromatic heterocycles. The molecular formula is C19H23FN6. The van der Waals surface area contributed by atoms with Gasteiger partial charge >= 0.3 is 0 Å². The van der Waals surface area contributed by atoms with Gasteiger partial charge in [0.05, 0.1) is 5.56 Å². The predicted molar refractivity (Wildman–Crippen MR) is 99.6 cm³/mol. The van der Waals surface area contributed by atoms with Gasteiger partial charge in [-0.2, -0.15) is 4.52 Å². The number of halogens is 1. The van der Waals surface area contributed by atoms with Crippen LogP contribution in [0.4, 0.5) is 10.2 Å². The van der Waals surface area contributed by atoms with E-state index in [0.29, 0.717) is 29.0 Å². The average molecular weight is 354 g/mol. The molecule has 0 amide bonds. The Bertz CT molecular complexity index is 923. The average Bonchev–Trinajstić information content (AvgIpc) is 3.04. The zero-order valence-corrected chi connectivity index (χ0v) is 15.3. The first-order valence-corrected chi connectivity index (χ1v) is 8.93. The molecule has 2 atom stereocenters. The second-order valence-corrected chi connectivity index (χ2v) is 7.17. The monoisotopic (exact) mass is 354 g/mol. The van der Waals surface area contributed by atoms with E-state index in [-0.39, 0.29) is 5.82 Å². The lowest BCUT2D eigenvalue weighted by molar-refractivity contribution is 0.193. The first-order valence-electron chi connectivity index (χ1n) is 8.93. The molecule has 3 heterocycles. The number of rotatable bonds is 3. The first kappa shape index (κ1) is 16.9. The summed E-state index contributed by atoms with van der Waals surface area (Å²) in [6, 6.07) is 10.8. The standard InChI is InChI=1S/C19H23FN6/c1-13-12-24(2)11-10-16(13)25(3)18-9-8-17-21-22-19(26(17)23-18)14-6-4-5-7-15(14)20/h4-9,13,16H,10-12H2,1-3H3. The molecule has 1 saturated heterocycles. The maximum Gasteiger partial charge on any atom is 0.188 e. The van der Waals surface area contributed by atoms with Crippen molar-refractivity contribution in [3.8, 4) is 11.4 Å². The van der Waals surface area contributed by atoms with E-state index in [9.17, 15) is 4.39 Å². The van der Waals surface area contributed by atoms with Crippen molar-refractivity contribution in [2.24, 2.45) is 5.92 Å². The lowest BCUT2D eigenvalue weighted by atomic mass is 9.93. The summed E-state index contributed by atoms with van der Waals surface area (Å²) in [5.41, 5.74) is 1.01. The maximum atomic E-state index is 14.2. The highest BCUT2D eigenvalue weighted by Gasteiger charge is 2.28. The van der Waals surface area contributed by atoms with Crippen LogP contribution in [-0.2, 0) is 0 Å². The summed E-state index contributed by atoms with van der Waals surface area (Å²) < 4.78 is 15.8. The van der Waals surface area contributed by atoms with Gasteiger partial charge in [-0.05, 0) is 50.2 Å². The van der Waals surface area contributed by atoms with E-state index in [0.717, 1.165) is 25.3 Å². The van der Waals surface area contributed by atoms with E-state index < -0.39 is 0 Å². The van der Waals surface area contributed by atoms with Crippen LogP contribution >= 0.6 is 0 Å². The van der Waals surface area contributed by atoms with Gasteiger partial charge in [-0.3, -0.25) is 0 Å². The summed E-state index contributed by atoms with van der Waals surface area (Å²) in [6.07, 6.45) is 1.09. The van der Waals surface area contributed by atoms with Crippen molar-refractivity contribution in [2.75, 3.05) is 32.1 Å². The van der Waals surface area contributed by atoms with Crippen LogP contribution in [0.3, 0.4) is 0 Å². The highest BCUT2D eigenvalue weighted by Crippen LogP contribution is 2.26. The molecule has 2 unspecified atom stereocenters. The Balaban J connectivity index is 1.71. The number of aromatic nitrogens is 4. The molecule has 26 heavy (non-hydrogen) atoms. The largest absolute Gasteiger partial charge is 0.355 e. The minimum atomic E-state index is -0.328. The van der Waals surface area contributed by atoms with E-state index in [1.165, 1.54) is 6.07 Å². The maximum absolute atomic E-state index is 14.2. The first-order chi connectivity index (χ1) is 12.5. The Morgan fingerprint density at radius 2 is 1.96 bits per heavy atom. The Morgan fingerprint density at radius 1 is 1.15 bits per heavy atom. The zero-order valence-electron chi connectivity index (χ0n) is 15.3. The highest BCUT2D eigenvalue weighted by molar-refractivity contribution is 5.60. The number of anilines is 1. The van der Waals surface area contributed by atoms with Crippen LogP contribution in [0.1, 0.15) is 13.3 Å². The Morgan fingerprint density at radius 3 is 2.73 bits per heavy atom. The van der Waals surface area contributed by atoms with Gasteiger partial charge in [0.2, 0.25) is 0 Å². The molecule has 7 heteroatoms. The molecule has 0 aliphatic carbocycles. The lowest BCUT2D eigenvalue weighted by Gasteiger charge is -2.40. The second-order valence-electron chi connectivity index (χ2n) is 7.17. The van der Waals surface area contributed by atoms with Crippen LogP contribution in [0.25, 0.3) is 17.0 Å². The molecular weight excluding hydrogens is 331 g/mol. The molecule has 0 bridgehead atoms. The van der Waals surface area contributed by atoms with Crippen LogP contribution in [0.5, 0.6) is 0 Å². The number of benzene rings is 1. The van der Waals surface area contributed by atoms with Crippen molar-refractivity contribution in [1.29, 1.82) is 0 Å². The molecule has 1 aliphatic rings. The summed E-state index contributed by atoms with van der Waals surface area (Å²) in [4.78, 5) is 4.59. The molecule has 0 N–H and O–H groups in total. The molecule has 4 rings (SSSR count). The van der Waals surface area contributed by atoms with Crippen LogP contribution in [0, 0.1) is 11.7 Å². The number of fused-ring (bicyclic) bond motifs is 1. The van der Waals surface area contributed by atoms with Gasteiger partial charge in [-0.25, -0.2) is 4.39 Å². The Hall–Kier alpha value is -2.54. The SMILES string of the molecule is CC1CN(C)CCC1N(C)c1ccc2nnc(-c3ccccc3F)n2n1. The topological polar surface area (TPSA) is 49.6 Å². The normalized spacial score (nSPS) is 21.2. The third-order valence-electron chi connectivity index (χ3n) is 5.29. The number of likely N-dealkylation sites (tertiary alicyclic amines) is 1. The molecule has 3 aromatic rings. The minimum Gasteiger partial charge on any atom is -0.355 e. The summed E-state index contributed by atoms with van der Waals surface area (Å²) in [6.45, 7) is 4.43. The molecule has 136 valence electrons. The molecule has 1 fully saturated rings. The number of hydrogen-bond acceptors (Lipinski definition) is 5. The summed E-state index contributed by atoms with van der Waals surface area (Å²) in [5, 5.41) is 13.0. The van der Waals surface area contributed by atoms with Gasteiger partial charge in [0.25, 0.3) is 0 Å². The van der Waals surface area contributed by atoms with Crippen molar-refractivity contribution in [2.45, 2.75) is 19.4 Å². The van der Waals surface area contributed by atoms with Crippen molar-refractivity contribution >= 4 is 11.5 Å². The number of hydrogen-bond donors (Lipinski definition) is 0. The van der Waals surface area contributed by atoms with Crippen LogP contribution < -0.4 is 4.90 Å². The van der Waals surface area contributed by atoms with Gasteiger partial charge in [0, 0.05) is 19.6 Å². The summed E-state index contributed by atoms with van der Waals surface area (Å²) in [5.74, 6) is 1.48. The van der Waals surface area contributed by atoms with Gasteiger partial charge in [0.1, 0.15) is 11.6 Å². The second kappa shape index (κ2) is 6.64. The Labute approximate surface area is 152 Å². The van der Waals surface area contributed by atoms with E-state index in [1.807, 2.05) is 12.1 Å². The van der Waals surface area contributed by atoms with E-state index in [2.05, 4.69) is 41.0 Å². The summed E-state index contributed by atoms with van der Waals surface area (Å²) >= 11 is 0. The lowest BCUT2D eigenvalue weighted by Crippen LogP contribution is -2.48. The molecule has 1 aliphatic heterocycles. The van der Waals surface area contributed by atoms with E-state index in [1.54, 1.807) is 22.7 Å². The molecule has 0 saturated carbocycles. The quantitative estimate of drug-likeness (QED) is 0.724. The summed E-state index contributed by atoms with van der Waals surface area (Å²) in [7, 11) is 4.24. The van der Waals surface area contributed by atoms with Crippen LogP contribution in [0.15, 0.2) is 36.4 Å². The van der Waals surface area contributed by atoms with Gasteiger partial charge in [0.15, 0.2) is 11.5 Å². The van der Waals surface area contributed by atoms with Crippen LogP contribution in [-0.4, -0.2) is 57.9 Å². The molecule has 6 nitrogen and oxygen atoms in total. The zero-order chi connectivity index (χ0) is 18.3. The fourth-order valence-corrected chi connectivity index (χ4v) is 3.86. The Kier molecular flexibility index (Phi) is 4.32. The van der Waals surface area contributed by atoms with Crippen molar-refractivity contribution in [1.82, 2.24) is 24.7 Å². The van der Waals surface area contributed by atoms with Gasteiger partial charge in [-0.1, -0.05) is 19.1 Å². The number of piperidine rings is 1. The third-order valence-corrected chi connectivity index (χ3v) is 5.29. The van der Waals surface area contributed by atoms with Crippen LogP contribution in [0.2, 0.25) is 0 Å². The molecule has 1 aromatic carbocycles. The van der Waals surface area contributed by atoms with Crippen molar-refractivity contribution < 1.29 is 4.39 Å². The molecule has 0 spiro atoms. The number of nitrogens with zero attached hydrogens (tertiary/aromatic N) is 6. The fraction of sp³-hybridized carbons (Fsp3) is 0.421. The van der Waals surface area contributed by atoms with E-state index >= 15 is 0 Å². The fourth-order valence-electron chi connectivity index (χ4n) is 3.86. The van der Waals surface area contributed by atoms with E-state index in [4.69, 9.17) is 5.10 Å². The molecule has 0 radical (unpaired) electrons.